The predicted molar refractivity (Wildman–Crippen MR) is 95.6 cm³/mol. The highest BCUT2D eigenvalue weighted by Crippen LogP contribution is 2.46. The van der Waals surface area contributed by atoms with E-state index in [2.05, 4.69) is 30.1 Å². The lowest BCUT2D eigenvalue weighted by Crippen LogP contribution is -2.37. The molecule has 2 aliphatic rings. The third-order valence-corrected chi connectivity index (χ3v) is 4.99. The van der Waals surface area contributed by atoms with Gasteiger partial charge in [0.15, 0.2) is 0 Å². The third-order valence-electron chi connectivity index (χ3n) is 4.99. The summed E-state index contributed by atoms with van der Waals surface area (Å²) in [5.41, 5.74) is 3.63. The van der Waals surface area contributed by atoms with Crippen molar-refractivity contribution < 1.29 is 4.74 Å². The molecule has 0 saturated heterocycles. The molecule has 3 nitrogen and oxygen atoms in total. The Morgan fingerprint density at radius 3 is 2.71 bits per heavy atom. The van der Waals surface area contributed by atoms with Gasteiger partial charge in [-0.2, -0.15) is 0 Å². The molecule has 1 aromatic heterocycles. The number of aliphatic imine (C=N–C) groups is 1. The van der Waals surface area contributed by atoms with Gasteiger partial charge in [0.25, 0.3) is 0 Å². The van der Waals surface area contributed by atoms with Crippen LogP contribution in [-0.2, 0) is 0 Å². The summed E-state index contributed by atoms with van der Waals surface area (Å²) in [4.78, 5) is 9.66. The standard InChI is InChI=1S/C21H18N2O/c1-21(16-10-11-16)23-20(17-7-3-5-9-19(17)24-21)15-12-14-6-2-4-8-18(14)22-13-15/h2-9,12-13,16H,10-11H2,1H3. The Hall–Kier alpha value is -2.68. The van der Waals surface area contributed by atoms with Gasteiger partial charge < -0.3 is 4.74 Å². The maximum atomic E-state index is 6.27. The van der Waals surface area contributed by atoms with Gasteiger partial charge in [0, 0.05) is 28.6 Å². The zero-order valence-corrected chi connectivity index (χ0v) is 13.6. The Bertz CT molecular complexity index is 974. The lowest BCUT2D eigenvalue weighted by Gasteiger charge is -2.33. The Labute approximate surface area is 141 Å². The number of fused-ring (bicyclic) bond motifs is 2. The van der Waals surface area contributed by atoms with Crippen LogP contribution in [0.4, 0.5) is 0 Å². The van der Waals surface area contributed by atoms with Crippen LogP contribution in [0.2, 0.25) is 0 Å². The minimum atomic E-state index is -0.463. The first-order valence-electron chi connectivity index (χ1n) is 8.46. The molecule has 5 rings (SSSR count). The van der Waals surface area contributed by atoms with Crippen molar-refractivity contribution in [1.82, 2.24) is 4.98 Å². The van der Waals surface area contributed by atoms with Gasteiger partial charge in [0.2, 0.25) is 5.72 Å². The molecule has 2 heterocycles. The smallest absolute Gasteiger partial charge is 0.200 e. The van der Waals surface area contributed by atoms with Crippen LogP contribution in [-0.4, -0.2) is 16.4 Å². The molecular formula is C21H18N2O. The van der Waals surface area contributed by atoms with Crippen molar-refractivity contribution in [3.05, 3.63) is 71.9 Å². The number of hydrogen-bond donors (Lipinski definition) is 0. The molecule has 1 unspecified atom stereocenters. The Morgan fingerprint density at radius 2 is 1.83 bits per heavy atom. The van der Waals surface area contributed by atoms with E-state index >= 15 is 0 Å². The summed E-state index contributed by atoms with van der Waals surface area (Å²) in [6.45, 7) is 2.11. The van der Waals surface area contributed by atoms with E-state index in [0.29, 0.717) is 5.92 Å². The minimum absolute atomic E-state index is 0.463. The molecule has 3 aromatic rings. The number of benzene rings is 2. The molecule has 24 heavy (non-hydrogen) atoms. The van der Waals surface area contributed by atoms with Gasteiger partial charge in [-0.15, -0.1) is 0 Å². The number of pyridine rings is 1. The van der Waals surface area contributed by atoms with Crippen LogP contribution in [0.15, 0.2) is 65.8 Å². The molecule has 0 spiro atoms. The van der Waals surface area contributed by atoms with Crippen LogP contribution < -0.4 is 4.74 Å². The predicted octanol–water partition coefficient (Wildman–Crippen LogP) is 4.59. The number of rotatable bonds is 2. The second-order valence-corrected chi connectivity index (χ2v) is 6.80. The Kier molecular flexibility index (Phi) is 2.81. The van der Waals surface area contributed by atoms with Crippen molar-refractivity contribution in [2.24, 2.45) is 10.9 Å². The number of para-hydroxylation sites is 2. The van der Waals surface area contributed by atoms with Crippen molar-refractivity contribution in [3.63, 3.8) is 0 Å². The van der Waals surface area contributed by atoms with Gasteiger partial charge >= 0.3 is 0 Å². The lowest BCUT2D eigenvalue weighted by atomic mass is 9.98. The summed E-state index contributed by atoms with van der Waals surface area (Å²) < 4.78 is 6.27. The first kappa shape index (κ1) is 13.7. The zero-order chi connectivity index (χ0) is 16.1. The van der Waals surface area contributed by atoms with E-state index in [4.69, 9.17) is 9.73 Å². The average Bonchev–Trinajstić information content (AvgIpc) is 3.46. The third kappa shape index (κ3) is 2.12. The summed E-state index contributed by atoms with van der Waals surface area (Å²) in [6, 6.07) is 18.5. The van der Waals surface area contributed by atoms with Crippen molar-refractivity contribution in [1.29, 1.82) is 0 Å². The molecule has 0 amide bonds. The van der Waals surface area contributed by atoms with Gasteiger partial charge in [0.05, 0.1) is 11.2 Å². The van der Waals surface area contributed by atoms with E-state index in [1.807, 2.05) is 42.6 Å². The largest absolute Gasteiger partial charge is 0.465 e. The molecule has 0 bridgehead atoms. The first-order valence-corrected chi connectivity index (χ1v) is 8.46. The molecule has 1 aliphatic heterocycles. The molecule has 2 aromatic carbocycles. The molecule has 0 N–H and O–H groups in total. The van der Waals surface area contributed by atoms with Crippen molar-refractivity contribution >= 4 is 16.6 Å². The number of aromatic nitrogens is 1. The highest BCUT2D eigenvalue weighted by Gasteiger charge is 2.46. The molecular weight excluding hydrogens is 296 g/mol. The molecule has 3 heteroatoms. The van der Waals surface area contributed by atoms with Crippen LogP contribution in [0, 0.1) is 5.92 Å². The Morgan fingerprint density at radius 1 is 1.04 bits per heavy atom. The summed E-state index contributed by atoms with van der Waals surface area (Å²) in [5, 5.41) is 1.13. The number of hydrogen-bond acceptors (Lipinski definition) is 3. The van der Waals surface area contributed by atoms with Gasteiger partial charge in [-0.05, 0) is 44.0 Å². The number of ether oxygens (including phenoxy) is 1. The highest BCUT2D eigenvalue weighted by molar-refractivity contribution is 6.16. The fraction of sp³-hybridized carbons (Fsp3) is 0.238. The number of nitrogens with zero attached hydrogens (tertiary/aromatic N) is 2. The minimum Gasteiger partial charge on any atom is -0.465 e. The molecule has 1 saturated carbocycles. The zero-order valence-electron chi connectivity index (χ0n) is 13.6. The fourth-order valence-corrected chi connectivity index (χ4v) is 3.49. The van der Waals surface area contributed by atoms with Crippen molar-refractivity contribution in [3.8, 4) is 5.75 Å². The van der Waals surface area contributed by atoms with Crippen LogP contribution >= 0.6 is 0 Å². The van der Waals surface area contributed by atoms with E-state index in [1.54, 1.807) is 0 Å². The highest BCUT2D eigenvalue weighted by atomic mass is 16.5. The quantitative estimate of drug-likeness (QED) is 0.693. The maximum Gasteiger partial charge on any atom is 0.200 e. The average molecular weight is 314 g/mol. The van der Waals surface area contributed by atoms with Crippen molar-refractivity contribution in [2.45, 2.75) is 25.5 Å². The van der Waals surface area contributed by atoms with Crippen LogP contribution in [0.3, 0.4) is 0 Å². The van der Waals surface area contributed by atoms with E-state index in [9.17, 15) is 0 Å². The summed E-state index contributed by atoms with van der Waals surface area (Å²) >= 11 is 0. The fourth-order valence-electron chi connectivity index (χ4n) is 3.49. The van der Waals surface area contributed by atoms with Gasteiger partial charge in [0.1, 0.15) is 5.75 Å². The van der Waals surface area contributed by atoms with E-state index in [-0.39, 0.29) is 0 Å². The van der Waals surface area contributed by atoms with E-state index in [1.165, 1.54) is 12.8 Å². The molecule has 1 atom stereocenters. The maximum absolute atomic E-state index is 6.27. The normalized spacial score (nSPS) is 22.6. The van der Waals surface area contributed by atoms with E-state index in [0.717, 1.165) is 33.5 Å². The van der Waals surface area contributed by atoms with Gasteiger partial charge in [-0.25, -0.2) is 4.99 Å². The van der Waals surface area contributed by atoms with Gasteiger partial charge in [-0.1, -0.05) is 30.3 Å². The second kappa shape index (κ2) is 4.91. The monoisotopic (exact) mass is 314 g/mol. The Balaban J connectivity index is 1.71. The summed E-state index contributed by atoms with van der Waals surface area (Å²) in [7, 11) is 0. The second-order valence-electron chi connectivity index (χ2n) is 6.80. The topological polar surface area (TPSA) is 34.5 Å². The van der Waals surface area contributed by atoms with Gasteiger partial charge in [-0.3, -0.25) is 4.98 Å². The molecule has 0 radical (unpaired) electrons. The van der Waals surface area contributed by atoms with E-state index < -0.39 is 5.72 Å². The summed E-state index contributed by atoms with van der Waals surface area (Å²) in [5.74, 6) is 1.43. The SMILES string of the molecule is CC1(C2CC2)N=C(c2cnc3ccccc3c2)c2ccccc2O1. The van der Waals surface area contributed by atoms with Crippen LogP contribution in [0.1, 0.15) is 30.9 Å². The first-order chi connectivity index (χ1) is 11.7. The van der Waals surface area contributed by atoms with Crippen molar-refractivity contribution in [2.75, 3.05) is 0 Å². The molecule has 1 aliphatic carbocycles. The van der Waals surface area contributed by atoms with Crippen LogP contribution in [0.5, 0.6) is 5.75 Å². The summed E-state index contributed by atoms with van der Waals surface area (Å²) in [6.07, 6.45) is 4.30. The molecule has 118 valence electrons. The van der Waals surface area contributed by atoms with Crippen LogP contribution in [0.25, 0.3) is 10.9 Å². The molecule has 1 fully saturated rings. The lowest BCUT2D eigenvalue weighted by molar-refractivity contribution is 0.0707.